The standard InChI is InChI=1S/C23H23NO5/c1-27-22-20(16-28-14-17-8-4-2-5-9-17)19(12-13-24-22)21(23(25)26)29-15-18-10-6-3-7-11-18/h2-13,21H,14-16H2,1H3,(H,25,26). The van der Waals surface area contributed by atoms with Gasteiger partial charge in [0.25, 0.3) is 0 Å². The summed E-state index contributed by atoms with van der Waals surface area (Å²) in [4.78, 5) is 16.1. The van der Waals surface area contributed by atoms with Crippen LogP contribution in [0.5, 0.6) is 5.88 Å². The number of hydrogen-bond acceptors (Lipinski definition) is 5. The fourth-order valence-corrected chi connectivity index (χ4v) is 2.95. The number of pyridine rings is 1. The summed E-state index contributed by atoms with van der Waals surface area (Å²) in [5, 5.41) is 9.77. The van der Waals surface area contributed by atoms with E-state index in [0.717, 1.165) is 11.1 Å². The van der Waals surface area contributed by atoms with E-state index in [1.165, 1.54) is 13.3 Å². The minimum atomic E-state index is -1.16. The summed E-state index contributed by atoms with van der Waals surface area (Å²) >= 11 is 0. The van der Waals surface area contributed by atoms with E-state index in [2.05, 4.69) is 4.98 Å². The molecule has 1 N–H and O–H groups in total. The van der Waals surface area contributed by atoms with Crippen molar-refractivity contribution in [3.8, 4) is 5.88 Å². The SMILES string of the molecule is COc1nccc(C(OCc2ccccc2)C(=O)O)c1COCc1ccccc1. The first-order valence-corrected chi connectivity index (χ1v) is 9.21. The number of hydrogen-bond donors (Lipinski definition) is 1. The summed E-state index contributed by atoms with van der Waals surface area (Å²) in [7, 11) is 1.49. The van der Waals surface area contributed by atoms with Gasteiger partial charge in [0, 0.05) is 17.3 Å². The van der Waals surface area contributed by atoms with Crippen molar-refractivity contribution in [2.24, 2.45) is 0 Å². The molecule has 1 unspecified atom stereocenters. The van der Waals surface area contributed by atoms with Crippen LogP contribution in [0.4, 0.5) is 0 Å². The number of nitrogens with zero attached hydrogens (tertiary/aromatic N) is 1. The van der Waals surface area contributed by atoms with Crippen molar-refractivity contribution in [3.63, 3.8) is 0 Å². The quantitative estimate of drug-likeness (QED) is 0.558. The molecule has 0 fully saturated rings. The highest BCUT2D eigenvalue weighted by Crippen LogP contribution is 2.29. The molecule has 1 heterocycles. The summed E-state index contributed by atoms with van der Waals surface area (Å²) in [6, 6.07) is 20.8. The fourth-order valence-electron chi connectivity index (χ4n) is 2.95. The summed E-state index contributed by atoms with van der Waals surface area (Å²) in [6.07, 6.45) is 0.346. The van der Waals surface area contributed by atoms with Gasteiger partial charge in [-0.3, -0.25) is 0 Å². The van der Waals surface area contributed by atoms with Gasteiger partial charge in [-0.2, -0.15) is 0 Å². The van der Waals surface area contributed by atoms with Crippen LogP contribution >= 0.6 is 0 Å². The summed E-state index contributed by atoms with van der Waals surface area (Å²) in [6.45, 7) is 0.716. The second kappa shape index (κ2) is 10.4. The van der Waals surface area contributed by atoms with Crippen molar-refractivity contribution in [1.82, 2.24) is 4.98 Å². The molecule has 0 spiro atoms. The van der Waals surface area contributed by atoms with Gasteiger partial charge in [0.1, 0.15) is 0 Å². The van der Waals surface area contributed by atoms with Crippen LogP contribution in [0.25, 0.3) is 0 Å². The van der Waals surface area contributed by atoms with Gasteiger partial charge in [-0.15, -0.1) is 0 Å². The molecule has 0 aliphatic carbocycles. The van der Waals surface area contributed by atoms with Crippen molar-refractivity contribution < 1.29 is 24.1 Å². The third-order valence-electron chi connectivity index (χ3n) is 4.37. The highest BCUT2D eigenvalue weighted by atomic mass is 16.5. The highest BCUT2D eigenvalue weighted by Gasteiger charge is 2.26. The smallest absolute Gasteiger partial charge is 0.337 e. The number of rotatable bonds is 10. The van der Waals surface area contributed by atoms with Gasteiger partial charge in [0.2, 0.25) is 5.88 Å². The average Bonchev–Trinajstić information content (AvgIpc) is 2.76. The predicted molar refractivity (Wildman–Crippen MR) is 107 cm³/mol. The summed E-state index contributed by atoms with van der Waals surface area (Å²) in [5.41, 5.74) is 2.94. The minimum Gasteiger partial charge on any atom is -0.481 e. The Labute approximate surface area is 169 Å². The molecule has 6 heteroatoms. The van der Waals surface area contributed by atoms with Gasteiger partial charge < -0.3 is 19.3 Å². The molecule has 0 aliphatic rings. The van der Waals surface area contributed by atoms with E-state index in [1.807, 2.05) is 60.7 Å². The van der Waals surface area contributed by atoms with E-state index in [-0.39, 0.29) is 13.2 Å². The number of ether oxygens (including phenoxy) is 3. The normalized spacial score (nSPS) is 11.8. The molecule has 150 valence electrons. The maximum absolute atomic E-state index is 11.9. The van der Waals surface area contributed by atoms with Crippen molar-refractivity contribution in [2.45, 2.75) is 25.9 Å². The van der Waals surface area contributed by atoms with Crippen LogP contribution < -0.4 is 4.74 Å². The zero-order valence-corrected chi connectivity index (χ0v) is 16.2. The number of methoxy groups -OCH3 is 1. The van der Waals surface area contributed by atoms with E-state index in [4.69, 9.17) is 14.2 Å². The van der Waals surface area contributed by atoms with Crippen LogP contribution in [0.1, 0.15) is 28.4 Å². The maximum atomic E-state index is 11.9. The maximum Gasteiger partial charge on any atom is 0.337 e. The molecule has 1 atom stereocenters. The number of carboxylic acid groups (broad SMARTS) is 1. The molecule has 3 aromatic rings. The van der Waals surface area contributed by atoms with Crippen LogP contribution in [0.3, 0.4) is 0 Å². The van der Waals surface area contributed by atoms with Gasteiger partial charge in [0.15, 0.2) is 6.10 Å². The Morgan fingerprint density at radius 3 is 2.14 bits per heavy atom. The Kier molecular flexibility index (Phi) is 7.33. The molecule has 0 bridgehead atoms. The number of carboxylic acids is 1. The molecule has 0 saturated carbocycles. The van der Waals surface area contributed by atoms with E-state index >= 15 is 0 Å². The lowest BCUT2D eigenvalue weighted by Crippen LogP contribution is -2.18. The van der Waals surface area contributed by atoms with Gasteiger partial charge in [-0.05, 0) is 17.2 Å². The van der Waals surface area contributed by atoms with Crippen LogP contribution in [0, 0.1) is 0 Å². The third-order valence-corrected chi connectivity index (χ3v) is 4.37. The lowest BCUT2D eigenvalue weighted by molar-refractivity contribution is -0.151. The molecule has 2 aromatic carbocycles. The Bertz CT molecular complexity index is 915. The van der Waals surface area contributed by atoms with E-state index in [1.54, 1.807) is 6.07 Å². The minimum absolute atomic E-state index is 0.152. The molecule has 0 aliphatic heterocycles. The molecule has 0 saturated heterocycles. The first-order chi connectivity index (χ1) is 14.2. The lowest BCUT2D eigenvalue weighted by Gasteiger charge is -2.19. The van der Waals surface area contributed by atoms with Crippen LogP contribution in [0.2, 0.25) is 0 Å². The number of aromatic nitrogens is 1. The highest BCUT2D eigenvalue weighted by molar-refractivity contribution is 5.75. The molecule has 0 radical (unpaired) electrons. The predicted octanol–water partition coefficient (Wildman–Crippen LogP) is 4.15. The van der Waals surface area contributed by atoms with E-state index < -0.39 is 12.1 Å². The molecule has 0 amide bonds. The van der Waals surface area contributed by atoms with Crippen molar-refractivity contribution >= 4 is 5.97 Å². The van der Waals surface area contributed by atoms with Gasteiger partial charge >= 0.3 is 5.97 Å². The fraction of sp³-hybridized carbons (Fsp3) is 0.217. The van der Waals surface area contributed by atoms with E-state index in [9.17, 15) is 9.90 Å². The number of benzene rings is 2. The second-order valence-electron chi connectivity index (χ2n) is 6.38. The summed E-state index contributed by atoms with van der Waals surface area (Å²) in [5.74, 6) is -0.761. The zero-order valence-electron chi connectivity index (χ0n) is 16.2. The number of aliphatic carboxylic acids is 1. The molecule has 1 aromatic heterocycles. The van der Waals surface area contributed by atoms with Crippen LogP contribution in [-0.4, -0.2) is 23.2 Å². The molecule has 6 nitrogen and oxygen atoms in total. The summed E-state index contributed by atoms with van der Waals surface area (Å²) < 4.78 is 16.9. The zero-order chi connectivity index (χ0) is 20.5. The largest absolute Gasteiger partial charge is 0.481 e. The van der Waals surface area contributed by atoms with Crippen molar-refractivity contribution in [2.75, 3.05) is 7.11 Å². The van der Waals surface area contributed by atoms with Gasteiger partial charge in [-0.25, -0.2) is 9.78 Å². The molecule has 3 rings (SSSR count). The first-order valence-electron chi connectivity index (χ1n) is 9.21. The Morgan fingerprint density at radius 2 is 1.55 bits per heavy atom. The van der Waals surface area contributed by atoms with Gasteiger partial charge in [0.05, 0.1) is 26.9 Å². The molecule has 29 heavy (non-hydrogen) atoms. The Hall–Kier alpha value is -3.22. The Balaban J connectivity index is 1.78. The topological polar surface area (TPSA) is 77.9 Å². The number of carbonyl (C=O) groups is 1. The van der Waals surface area contributed by atoms with Crippen LogP contribution in [-0.2, 0) is 34.1 Å². The van der Waals surface area contributed by atoms with Crippen molar-refractivity contribution in [1.29, 1.82) is 0 Å². The lowest BCUT2D eigenvalue weighted by atomic mass is 10.0. The first kappa shape index (κ1) is 20.5. The van der Waals surface area contributed by atoms with E-state index in [0.29, 0.717) is 23.6 Å². The molecular weight excluding hydrogens is 370 g/mol. The third kappa shape index (κ3) is 5.63. The Morgan fingerprint density at radius 1 is 0.931 bits per heavy atom. The monoisotopic (exact) mass is 393 g/mol. The molecular formula is C23H23NO5. The van der Waals surface area contributed by atoms with Crippen LogP contribution in [0.15, 0.2) is 72.9 Å². The van der Waals surface area contributed by atoms with Gasteiger partial charge in [-0.1, -0.05) is 60.7 Å². The average molecular weight is 393 g/mol. The second-order valence-corrected chi connectivity index (χ2v) is 6.38. The van der Waals surface area contributed by atoms with Crippen molar-refractivity contribution in [3.05, 3.63) is 95.2 Å².